The number of benzene rings is 2. The average Bonchev–Trinajstić information content (AvgIpc) is 2.72. The molecular weight excluding hydrogens is 392 g/mol. The second-order valence-electron chi connectivity index (χ2n) is 6.47. The van der Waals surface area contributed by atoms with Gasteiger partial charge in [-0.3, -0.25) is 9.59 Å². The number of nitrogens with one attached hydrogen (secondary N) is 2. The van der Waals surface area contributed by atoms with Gasteiger partial charge in [-0.2, -0.15) is 0 Å². The standard InChI is InChI=1S/C22H27ClN2O4/c1-4-11-29-20-18(23)12-17(13-19(20)28-5-2)22(27)25-15(3)21(26)24-14-16-9-7-6-8-10-16/h6-10,12-13,15H,4-5,11,14H2,1-3H3,(H,24,26)(H,25,27). The second-order valence-corrected chi connectivity index (χ2v) is 6.87. The van der Waals surface area contributed by atoms with Gasteiger partial charge in [-0.15, -0.1) is 0 Å². The highest BCUT2D eigenvalue weighted by molar-refractivity contribution is 6.32. The Bertz CT molecular complexity index is 827. The maximum Gasteiger partial charge on any atom is 0.252 e. The van der Waals surface area contributed by atoms with E-state index in [2.05, 4.69) is 10.6 Å². The van der Waals surface area contributed by atoms with E-state index >= 15 is 0 Å². The number of amides is 2. The summed E-state index contributed by atoms with van der Waals surface area (Å²) in [6.07, 6.45) is 0.819. The molecule has 0 aromatic heterocycles. The molecule has 0 aliphatic heterocycles. The Morgan fingerprint density at radius 1 is 1.10 bits per heavy atom. The molecule has 2 rings (SSSR count). The van der Waals surface area contributed by atoms with E-state index in [0.29, 0.717) is 36.8 Å². The first-order chi connectivity index (χ1) is 14.0. The Hall–Kier alpha value is -2.73. The Kier molecular flexibility index (Phi) is 8.80. The zero-order valence-electron chi connectivity index (χ0n) is 17.0. The third kappa shape index (κ3) is 6.68. The van der Waals surface area contributed by atoms with Crippen LogP contribution in [0.15, 0.2) is 42.5 Å². The lowest BCUT2D eigenvalue weighted by atomic mass is 10.1. The number of ether oxygens (including phenoxy) is 2. The van der Waals surface area contributed by atoms with Crippen LogP contribution in [0, 0.1) is 0 Å². The third-order valence-corrected chi connectivity index (χ3v) is 4.35. The molecule has 0 saturated carbocycles. The number of rotatable bonds is 10. The van der Waals surface area contributed by atoms with Crippen molar-refractivity contribution in [2.75, 3.05) is 13.2 Å². The van der Waals surface area contributed by atoms with Crippen molar-refractivity contribution in [3.8, 4) is 11.5 Å². The van der Waals surface area contributed by atoms with Gasteiger partial charge in [-0.25, -0.2) is 0 Å². The van der Waals surface area contributed by atoms with Crippen LogP contribution < -0.4 is 20.1 Å². The van der Waals surface area contributed by atoms with Crippen molar-refractivity contribution in [3.63, 3.8) is 0 Å². The molecule has 1 atom stereocenters. The van der Waals surface area contributed by atoms with Crippen LogP contribution in [-0.4, -0.2) is 31.1 Å². The van der Waals surface area contributed by atoms with Crippen molar-refractivity contribution in [3.05, 3.63) is 58.6 Å². The van der Waals surface area contributed by atoms with Crippen LogP contribution in [0.25, 0.3) is 0 Å². The van der Waals surface area contributed by atoms with E-state index in [1.54, 1.807) is 13.0 Å². The maximum absolute atomic E-state index is 12.6. The van der Waals surface area contributed by atoms with E-state index in [1.807, 2.05) is 44.2 Å². The van der Waals surface area contributed by atoms with Gasteiger partial charge in [0.25, 0.3) is 5.91 Å². The molecule has 1 unspecified atom stereocenters. The number of hydrogen-bond acceptors (Lipinski definition) is 4. The van der Waals surface area contributed by atoms with E-state index < -0.39 is 11.9 Å². The van der Waals surface area contributed by atoms with Crippen molar-refractivity contribution in [2.45, 2.75) is 39.8 Å². The molecule has 2 aromatic rings. The van der Waals surface area contributed by atoms with Crippen molar-refractivity contribution in [1.82, 2.24) is 10.6 Å². The lowest BCUT2D eigenvalue weighted by Gasteiger charge is -2.17. The zero-order chi connectivity index (χ0) is 21.2. The average molecular weight is 419 g/mol. The fourth-order valence-corrected chi connectivity index (χ4v) is 2.86. The van der Waals surface area contributed by atoms with E-state index in [0.717, 1.165) is 12.0 Å². The first kappa shape index (κ1) is 22.6. The van der Waals surface area contributed by atoms with Gasteiger partial charge in [0.05, 0.1) is 18.2 Å². The Morgan fingerprint density at radius 3 is 2.48 bits per heavy atom. The molecule has 0 saturated heterocycles. The summed E-state index contributed by atoms with van der Waals surface area (Å²) in [4.78, 5) is 24.9. The molecule has 0 bridgehead atoms. The highest BCUT2D eigenvalue weighted by Crippen LogP contribution is 2.36. The minimum Gasteiger partial charge on any atom is -0.490 e. The van der Waals surface area contributed by atoms with Gasteiger partial charge in [0.15, 0.2) is 11.5 Å². The summed E-state index contributed by atoms with van der Waals surface area (Å²) in [5, 5.41) is 5.78. The summed E-state index contributed by atoms with van der Waals surface area (Å²) in [5.41, 5.74) is 1.28. The third-order valence-electron chi connectivity index (χ3n) is 4.07. The first-order valence-corrected chi connectivity index (χ1v) is 10.1. The number of carbonyl (C=O) groups is 2. The number of hydrogen-bond donors (Lipinski definition) is 2. The van der Waals surface area contributed by atoms with Crippen LogP contribution in [-0.2, 0) is 11.3 Å². The topological polar surface area (TPSA) is 76.7 Å². The summed E-state index contributed by atoms with van der Waals surface area (Å²) in [6, 6.07) is 11.9. The van der Waals surface area contributed by atoms with Gasteiger partial charge in [-0.05, 0) is 38.0 Å². The molecule has 156 valence electrons. The zero-order valence-corrected chi connectivity index (χ0v) is 17.7. The van der Waals surface area contributed by atoms with E-state index in [4.69, 9.17) is 21.1 Å². The number of carbonyl (C=O) groups excluding carboxylic acids is 2. The Labute approximate surface area is 176 Å². The summed E-state index contributed by atoms with van der Waals surface area (Å²) >= 11 is 6.30. The molecule has 0 heterocycles. The van der Waals surface area contributed by atoms with Crippen LogP contribution >= 0.6 is 11.6 Å². The molecule has 2 amide bonds. The second kappa shape index (κ2) is 11.3. The monoisotopic (exact) mass is 418 g/mol. The molecule has 2 N–H and O–H groups in total. The molecule has 6 nitrogen and oxygen atoms in total. The Morgan fingerprint density at radius 2 is 1.83 bits per heavy atom. The predicted octanol–water partition coefficient (Wildman–Crippen LogP) is 3.96. The normalized spacial score (nSPS) is 11.4. The largest absolute Gasteiger partial charge is 0.490 e. The van der Waals surface area contributed by atoms with Crippen molar-refractivity contribution < 1.29 is 19.1 Å². The SMILES string of the molecule is CCCOc1c(Cl)cc(C(=O)NC(C)C(=O)NCc2ccccc2)cc1OCC. The fourth-order valence-electron chi connectivity index (χ4n) is 2.59. The van der Waals surface area contributed by atoms with Gasteiger partial charge in [0.2, 0.25) is 5.91 Å². The van der Waals surface area contributed by atoms with Gasteiger partial charge in [0, 0.05) is 12.1 Å². The molecule has 0 aliphatic rings. The molecule has 0 aliphatic carbocycles. The minimum atomic E-state index is -0.712. The fraction of sp³-hybridized carbons (Fsp3) is 0.364. The van der Waals surface area contributed by atoms with Crippen LogP contribution in [0.2, 0.25) is 5.02 Å². The summed E-state index contributed by atoms with van der Waals surface area (Å²) in [5.74, 6) is 0.124. The lowest BCUT2D eigenvalue weighted by molar-refractivity contribution is -0.122. The van der Waals surface area contributed by atoms with Crippen molar-refractivity contribution in [2.24, 2.45) is 0 Å². The van der Waals surface area contributed by atoms with E-state index in [9.17, 15) is 9.59 Å². The quantitative estimate of drug-likeness (QED) is 0.612. The van der Waals surface area contributed by atoms with E-state index in [1.165, 1.54) is 6.07 Å². The molecule has 29 heavy (non-hydrogen) atoms. The van der Waals surface area contributed by atoms with Crippen LogP contribution in [0.3, 0.4) is 0 Å². The molecule has 2 aromatic carbocycles. The van der Waals surface area contributed by atoms with Gasteiger partial charge in [-0.1, -0.05) is 48.9 Å². The minimum absolute atomic E-state index is 0.277. The predicted molar refractivity (Wildman–Crippen MR) is 114 cm³/mol. The van der Waals surface area contributed by atoms with Crippen LogP contribution in [0.5, 0.6) is 11.5 Å². The lowest BCUT2D eigenvalue weighted by Crippen LogP contribution is -2.44. The van der Waals surface area contributed by atoms with E-state index in [-0.39, 0.29) is 10.9 Å². The smallest absolute Gasteiger partial charge is 0.252 e. The van der Waals surface area contributed by atoms with Gasteiger partial charge < -0.3 is 20.1 Å². The molecule has 0 fully saturated rings. The Balaban J connectivity index is 2.03. The first-order valence-electron chi connectivity index (χ1n) is 9.67. The summed E-state index contributed by atoms with van der Waals surface area (Å²) in [7, 11) is 0. The molecule has 0 radical (unpaired) electrons. The van der Waals surface area contributed by atoms with Crippen LogP contribution in [0.1, 0.15) is 43.1 Å². The highest BCUT2D eigenvalue weighted by atomic mass is 35.5. The maximum atomic E-state index is 12.6. The van der Waals surface area contributed by atoms with Crippen molar-refractivity contribution >= 4 is 23.4 Å². The number of halogens is 1. The summed E-state index contributed by atoms with van der Waals surface area (Å²) < 4.78 is 11.2. The summed E-state index contributed by atoms with van der Waals surface area (Å²) in [6.45, 7) is 6.74. The van der Waals surface area contributed by atoms with Crippen molar-refractivity contribution in [1.29, 1.82) is 0 Å². The molecule has 7 heteroatoms. The van der Waals surface area contributed by atoms with Gasteiger partial charge >= 0.3 is 0 Å². The molecular formula is C22H27ClN2O4. The van der Waals surface area contributed by atoms with Crippen LogP contribution in [0.4, 0.5) is 0 Å². The molecule has 0 spiro atoms. The highest BCUT2D eigenvalue weighted by Gasteiger charge is 2.20. The van der Waals surface area contributed by atoms with Gasteiger partial charge in [0.1, 0.15) is 6.04 Å².